The molecule has 4 aromatic carbocycles. The molecular formula is C53H86N2S. The van der Waals surface area contributed by atoms with E-state index in [1.165, 1.54) is 38.9 Å². The molecule has 0 unspecified atom stereocenters. The first-order valence-electron chi connectivity index (χ1n) is 21.7. The minimum absolute atomic E-state index is 1.03. The highest BCUT2D eigenvalue weighted by Gasteiger charge is 1.98. The van der Waals surface area contributed by atoms with Gasteiger partial charge in [0.05, 0.1) is 5.69 Å². The maximum atomic E-state index is 4.35. The van der Waals surface area contributed by atoms with Crippen LogP contribution in [0.1, 0.15) is 141 Å². The fraction of sp³-hybridized carbons (Fsp3) is 0.396. The number of aromatic nitrogens is 2. The van der Waals surface area contributed by atoms with Crippen LogP contribution in [-0.4, -0.2) is 9.97 Å². The number of rotatable bonds is 3. The Balaban J connectivity index is -0.000000139. The SMILES string of the molecule is CC.CC.CC.CC.CC.CC.CC.CC.CC.Cc1ccc(-c2ccccc2)cc1.Cc1ccc(-c2ccccc2)nc1.Cc1ccc(-c2nccs2)cc1. The lowest BCUT2D eigenvalue weighted by Gasteiger charge is -2.00. The maximum absolute atomic E-state index is 4.35. The Kier molecular flexibility index (Phi) is 59.9. The molecule has 0 N–H and O–H groups in total. The standard InChI is InChI=1S/C13H12.C12H11N.C10H9NS.9C2H6/c1-11-7-9-13(10-8-11)12-5-3-2-4-6-12;1-10-7-8-12(13-9-10)11-5-3-2-4-6-11;1-8-2-4-9(5-3-8)10-11-6-7-12-10;9*1-2/h2-10H,1H3;2-9H,1H3;2-7H,1H3;9*1-2H3. The van der Waals surface area contributed by atoms with Crippen LogP contribution in [0, 0.1) is 20.8 Å². The zero-order valence-corrected chi connectivity index (χ0v) is 40.9. The number of pyridine rings is 1. The smallest absolute Gasteiger partial charge is 0.123 e. The monoisotopic (exact) mass is 783 g/mol. The Morgan fingerprint density at radius 1 is 0.321 bits per heavy atom. The van der Waals surface area contributed by atoms with Crippen molar-refractivity contribution in [2.75, 3.05) is 0 Å². The largest absolute Gasteiger partial charge is 0.256 e. The van der Waals surface area contributed by atoms with E-state index in [0.717, 1.165) is 10.7 Å². The molecule has 314 valence electrons. The van der Waals surface area contributed by atoms with Gasteiger partial charge in [-0.1, -0.05) is 251 Å². The number of benzene rings is 4. The van der Waals surface area contributed by atoms with Crippen molar-refractivity contribution in [3.63, 3.8) is 0 Å². The van der Waals surface area contributed by atoms with Gasteiger partial charge in [0.2, 0.25) is 0 Å². The summed E-state index contributed by atoms with van der Waals surface area (Å²) < 4.78 is 0. The molecule has 0 atom stereocenters. The molecule has 0 aliphatic rings. The van der Waals surface area contributed by atoms with Gasteiger partial charge in [-0.3, -0.25) is 4.98 Å². The summed E-state index contributed by atoms with van der Waals surface area (Å²) >= 11 is 1.67. The average Bonchev–Trinajstić information content (AvgIpc) is 3.87. The highest BCUT2D eigenvalue weighted by Crippen LogP contribution is 2.21. The third-order valence-electron chi connectivity index (χ3n) is 5.87. The average molecular weight is 783 g/mol. The Hall–Kier alpha value is -4.34. The zero-order valence-electron chi connectivity index (χ0n) is 40.1. The van der Waals surface area contributed by atoms with Gasteiger partial charge in [-0.25, -0.2) is 4.98 Å². The van der Waals surface area contributed by atoms with Gasteiger partial charge in [-0.2, -0.15) is 0 Å². The van der Waals surface area contributed by atoms with Crippen LogP contribution in [0.2, 0.25) is 0 Å². The Labute approximate surface area is 354 Å². The lowest BCUT2D eigenvalue weighted by molar-refractivity contribution is 1.27. The lowest BCUT2D eigenvalue weighted by Crippen LogP contribution is -1.82. The van der Waals surface area contributed by atoms with E-state index < -0.39 is 0 Å². The van der Waals surface area contributed by atoms with Gasteiger partial charge in [0, 0.05) is 28.9 Å². The lowest BCUT2D eigenvalue weighted by atomic mass is 10.0. The molecule has 2 nitrogen and oxygen atoms in total. The first-order valence-corrected chi connectivity index (χ1v) is 22.5. The highest BCUT2D eigenvalue weighted by atomic mass is 32.1. The van der Waals surface area contributed by atoms with Crippen LogP contribution in [0.25, 0.3) is 33.0 Å². The number of aryl methyl sites for hydroxylation is 3. The van der Waals surface area contributed by atoms with E-state index in [4.69, 9.17) is 0 Å². The van der Waals surface area contributed by atoms with E-state index in [-0.39, 0.29) is 0 Å². The second-order valence-electron chi connectivity index (χ2n) is 9.02. The number of thiazole rings is 1. The van der Waals surface area contributed by atoms with Crippen LogP contribution in [-0.2, 0) is 0 Å². The summed E-state index contributed by atoms with van der Waals surface area (Å²) in [5.74, 6) is 0. The van der Waals surface area contributed by atoms with Crippen molar-refractivity contribution < 1.29 is 0 Å². The molecule has 0 saturated heterocycles. The van der Waals surface area contributed by atoms with Gasteiger partial charge in [0.15, 0.2) is 0 Å². The van der Waals surface area contributed by atoms with Crippen molar-refractivity contribution in [3.05, 3.63) is 156 Å². The van der Waals surface area contributed by atoms with E-state index in [1.807, 2.05) is 180 Å². The minimum Gasteiger partial charge on any atom is -0.256 e. The number of hydrogen-bond acceptors (Lipinski definition) is 3. The fourth-order valence-corrected chi connectivity index (χ4v) is 4.33. The normalized spacial score (nSPS) is 7.73. The fourth-order valence-electron chi connectivity index (χ4n) is 3.69. The van der Waals surface area contributed by atoms with Crippen LogP contribution < -0.4 is 0 Å². The van der Waals surface area contributed by atoms with E-state index in [2.05, 4.69) is 115 Å². The minimum atomic E-state index is 1.03. The number of nitrogens with zero attached hydrogens (tertiary/aromatic N) is 2. The molecule has 0 aliphatic heterocycles. The molecule has 2 aromatic heterocycles. The van der Waals surface area contributed by atoms with Gasteiger partial charge >= 0.3 is 0 Å². The molecule has 3 heteroatoms. The molecule has 0 spiro atoms. The molecule has 0 aliphatic carbocycles. The van der Waals surface area contributed by atoms with E-state index in [1.54, 1.807) is 11.3 Å². The quantitative estimate of drug-likeness (QED) is 0.179. The molecule has 0 bridgehead atoms. The van der Waals surface area contributed by atoms with E-state index in [0.29, 0.717) is 0 Å². The second kappa shape index (κ2) is 52.8. The third-order valence-corrected chi connectivity index (χ3v) is 6.69. The molecule has 0 radical (unpaired) electrons. The maximum Gasteiger partial charge on any atom is 0.123 e. The van der Waals surface area contributed by atoms with Crippen LogP contribution in [0.3, 0.4) is 0 Å². The van der Waals surface area contributed by atoms with Crippen molar-refractivity contribution in [2.45, 2.75) is 145 Å². The van der Waals surface area contributed by atoms with Crippen molar-refractivity contribution in [1.29, 1.82) is 0 Å². The Morgan fingerprint density at radius 2 is 0.661 bits per heavy atom. The summed E-state index contributed by atoms with van der Waals surface area (Å²) in [6.07, 6.45) is 3.72. The third kappa shape index (κ3) is 32.0. The zero-order chi connectivity index (χ0) is 44.6. The Bertz CT molecular complexity index is 1390. The van der Waals surface area contributed by atoms with Crippen LogP contribution >= 0.6 is 11.3 Å². The summed E-state index contributed by atoms with van der Waals surface area (Å²) in [7, 11) is 0. The van der Waals surface area contributed by atoms with Crippen LogP contribution in [0.15, 0.2) is 139 Å². The van der Waals surface area contributed by atoms with E-state index in [9.17, 15) is 0 Å². The van der Waals surface area contributed by atoms with Crippen LogP contribution in [0.4, 0.5) is 0 Å². The van der Waals surface area contributed by atoms with Gasteiger partial charge in [0.25, 0.3) is 0 Å². The molecule has 6 rings (SSSR count). The predicted octanol–water partition coefficient (Wildman–Crippen LogP) is 19.1. The predicted molar refractivity (Wildman–Crippen MR) is 265 cm³/mol. The van der Waals surface area contributed by atoms with Gasteiger partial charge in [0.1, 0.15) is 5.01 Å². The van der Waals surface area contributed by atoms with Crippen molar-refractivity contribution >= 4 is 11.3 Å². The topological polar surface area (TPSA) is 25.8 Å². The summed E-state index contributed by atoms with van der Waals surface area (Å²) in [4.78, 5) is 8.58. The summed E-state index contributed by atoms with van der Waals surface area (Å²) in [6.45, 7) is 42.2. The van der Waals surface area contributed by atoms with Crippen molar-refractivity contribution in [1.82, 2.24) is 9.97 Å². The van der Waals surface area contributed by atoms with Gasteiger partial charge in [-0.15, -0.1) is 11.3 Å². The highest BCUT2D eigenvalue weighted by molar-refractivity contribution is 7.13. The first kappa shape index (κ1) is 63.6. The van der Waals surface area contributed by atoms with Gasteiger partial charge < -0.3 is 0 Å². The number of hydrogen-bond donors (Lipinski definition) is 0. The molecular weight excluding hydrogens is 697 g/mol. The second-order valence-corrected chi connectivity index (χ2v) is 9.92. The summed E-state index contributed by atoms with van der Waals surface area (Å²) in [5.41, 5.74) is 9.76. The Morgan fingerprint density at radius 3 is 1.00 bits per heavy atom. The molecule has 0 saturated carbocycles. The van der Waals surface area contributed by atoms with Crippen LogP contribution in [0.5, 0.6) is 0 Å². The molecule has 2 heterocycles. The van der Waals surface area contributed by atoms with Gasteiger partial charge in [-0.05, 0) is 43.5 Å². The van der Waals surface area contributed by atoms with Crippen molar-refractivity contribution in [2.24, 2.45) is 0 Å². The van der Waals surface area contributed by atoms with E-state index >= 15 is 0 Å². The van der Waals surface area contributed by atoms with Crippen molar-refractivity contribution in [3.8, 4) is 33.0 Å². The summed E-state index contributed by atoms with van der Waals surface area (Å²) in [5, 5.41) is 3.09. The first-order chi connectivity index (χ1) is 27.6. The molecule has 6 aromatic rings. The summed E-state index contributed by atoms with van der Waals surface area (Å²) in [6, 6.07) is 41.8. The molecule has 56 heavy (non-hydrogen) atoms. The molecule has 0 fully saturated rings. The molecule has 0 amide bonds.